The van der Waals surface area contributed by atoms with E-state index < -0.39 is 0 Å². The minimum Gasteiger partial charge on any atom is -0.385 e. The summed E-state index contributed by atoms with van der Waals surface area (Å²) in [5.41, 5.74) is 4.45. The second-order valence-corrected chi connectivity index (χ2v) is 12.4. The molecule has 2 saturated heterocycles. The Balaban J connectivity index is 0.000000461. The van der Waals surface area contributed by atoms with Crippen molar-refractivity contribution >= 4 is 33.8 Å². The first-order valence-corrected chi connectivity index (χ1v) is 15.8. The smallest absolute Gasteiger partial charge is 0.128 e. The highest BCUT2D eigenvalue weighted by Gasteiger charge is 2.32. The molecule has 1 aromatic heterocycles. The number of para-hydroxylation sites is 1. The molecular formula is C33H48N6S. The normalized spacial score (nSPS) is 23.4. The number of fused-ring (bicyclic) bond motifs is 1. The molecule has 6 nitrogen and oxygen atoms in total. The summed E-state index contributed by atoms with van der Waals surface area (Å²) in [5.74, 6) is 2.82. The molecule has 3 aliphatic heterocycles. The number of allylic oxidation sites excluding steroid dienone is 4. The van der Waals surface area contributed by atoms with Gasteiger partial charge in [-0.15, -0.1) is 11.3 Å². The van der Waals surface area contributed by atoms with Gasteiger partial charge in [0, 0.05) is 37.1 Å². The highest BCUT2D eigenvalue weighted by Crippen LogP contribution is 2.36. The van der Waals surface area contributed by atoms with Crippen molar-refractivity contribution in [1.29, 1.82) is 0 Å². The first kappa shape index (κ1) is 30.1. The maximum absolute atomic E-state index is 4.97. The number of hydrogen-bond donors (Lipinski definition) is 3. The topological polar surface area (TPSA) is 64.6 Å². The van der Waals surface area contributed by atoms with Gasteiger partial charge in [-0.3, -0.25) is 0 Å². The molecule has 2 fully saturated rings. The first-order valence-electron chi connectivity index (χ1n) is 15.0. The molecule has 0 amide bonds. The summed E-state index contributed by atoms with van der Waals surface area (Å²) >= 11 is 1.75. The maximum Gasteiger partial charge on any atom is 0.128 e. The van der Waals surface area contributed by atoms with E-state index in [-0.39, 0.29) is 0 Å². The lowest BCUT2D eigenvalue weighted by Crippen LogP contribution is -2.46. The Kier molecular flexibility index (Phi) is 11.0. The number of aromatic nitrogens is 1. The van der Waals surface area contributed by atoms with Gasteiger partial charge in [0.1, 0.15) is 10.8 Å². The van der Waals surface area contributed by atoms with Crippen molar-refractivity contribution in [1.82, 2.24) is 25.8 Å². The zero-order valence-electron chi connectivity index (χ0n) is 24.7. The number of likely N-dealkylation sites (tertiary alicyclic amines) is 1. The summed E-state index contributed by atoms with van der Waals surface area (Å²) in [6.07, 6.45) is 9.79. The van der Waals surface area contributed by atoms with Gasteiger partial charge in [0.2, 0.25) is 0 Å². The van der Waals surface area contributed by atoms with E-state index in [4.69, 9.17) is 4.98 Å². The van der Waals surface area contributed by atoms with E-state index in [0.717, 1.165) is 72.4 Å². The SMILES string of the molecule is C=C/C=C(\N=C)N1CCC(C2CNC(C(C)CC)=C(c3nc4ccccc4s3)C(=C)N2)CC1.CC1CCCNC1. The summed E-state index contributed by atoms with van der Waals surface area (Å²) in [5, 5.41) is 12.0. The van der Waals surface area contributed by atoms with Crippen LogP contribution in [0.2, 0.25) is 0 Å². The van der Waals surface area contributed by atoms with Gasteiger partial charge in [-0.25, -0.2) is 9.98 Å². The predicted octanol–water partition coefficient (Wildman–Crippen LogP) is 6.57. The zero-order chi connectivity index (χ0) is 28.5. The van der Waals surface area contributed by atoms with Gasteiger partial charge in [0.15, 0.2) is 0 Å². The molecule has 7 heteroatoms. The van der Waals surface area contributed by atoms with Gasteiger partial charge < -0.3 is 20.9 Å². The van der Waals surface area contributed by atoms with Gasteiger partial charge >= 0.3 is 0 Å². The Labute approximate surface area is 245 Å². The Morgan fingerprint density at radius 1 is 1.23 bits per heavy atom. The highest BCUT2D eigenvalue weighted by atomic mass is 32.1. The Morgan fingerprint density at radius 2 is 2.00 bits per heavy atom. The Morgan fingerprint density at radius 3 is 2.60 bits per heavy atom. The Bertz CT molecular complexity index is 1180. The van der Waals surface area contributed by atoms with E-state index in [0.29, 0.717) is 17.9 Å². The van der Waals surface area contributed by atoms with Crippen molar-refractivity contribution in [2.45, 2.75) is 58.9 Å². The molecule has 216 valence electrons. The molecular weight excluding hydrogens is 512 g/mol. The lowest BCUT2D eigenvalue weighted by atomic mass is 9.89. The van der Waals surface area contributed by atoms with E-state index in [1.807, 2.05) is 12.1 Å². The van der Waals surface area contributed by atoms with Gasteiger partial charge in [-0.2, -0.15) is 0 Å². The second kappa shape index (κ2) is 14.6. The number of piperidine rings is 2. The maximum atomic E-state index is 4.97. The third-order valence-corrected chi connectivity index (χ3v) is 9.51. The van der Waals surface area contributed by atoms with Crippen LogP contribution in [-0.2, 0) is 0 Å². The van der Waals surface area contributed by atoms with Crippen molar-refractivity contribution in [3.05, 3.63) is 71.8 Å². The van der Waals surface area contributed by atoms with Crippen LogP contribution < -0.4 is 16.0 Å². The van der Waals surface area contributed by atoms with E-state index in [1.165, 1.54) is 36.3 Å². The molecule has 0 bridgehead atoms. The minimum atomic E-state index is 0.328. The fourth-order valence-corrected chi connectivity index (χ4v) is 6.92. The summed E-state index contributed by atoms with van der Waals surface area (Å²) in [7, 11) is 0. The predicted molar refractivity (Wildman–Crippen MR) is 173 cm³/mol. The highest BCUT2D eigenvalue weighted by molar-refractivity contribution is 7.19. The number of benzene rings is 1. The number of hydrogen-bond acceptors (Lipinski definition) is 7. The van der Waals surface area contributed by atoms with E-state index >= 15 is 0 Å². The van der Waals surface area contributed by atoms with Crippen molar-refractivity contribution in [2.24, 2.45) is 22.7 Å². The van der Waals surface area contributed by atoms with Crippen molar-refractivity contribution in [3.63, 3.8) is 0 Å². The minimum absolute atomic E-state index is 0.328. The fourth-order valence-electron chi connectivity index (χ4n) is 5.87. The van der Waals surface area contributed by atoms with Gasteiger partial charge in [-0.05, 0) is 87.9 Å². The van der Waals surface area contributed by atoms with E-state index in [9.17, 15) is 0 Å². The van der Waals surface area contributed by atoms with Crippen LogP contribution in [0.5, 0.6) is 0 Å². The molecule has 1 aromatic carbocycles. The van der Waals surface area contributed by atoms with Gasteiger partial charge in [0.05, 0.1) is 15.8 Å². The average molecular weight is 561 g/mol. The van der Waals surface area contributed by atoms with Crippen molar-refractivity contribution in [3.8, 4) is 0 Å². The summed E-state index contributed by atoms with van der Waals surface area (Å²) in [4.78, 5) is 11.5. The molecule has 3 aliphatic rings. The van der Waals surface area contributed by atoms with Crippen LogP contribution in [0, 0.1) is 17.8 Å². The average Bonchev–Trinajstić information content (AvgIpc) is 3.33. The molecule has 40 heavy (non-hydrogen) atoms. The molecule has 2 aromatic rings. The molecule has 3 unspecified atom stereocenters. The second-order valence-electron chi connectivity index (χ2n) is 11.4. The third-order valence-electron chi connectivity index (χ3n) is 8.46. The Hall–Kier alpha value is -2.90. The van der Waals surface area contributed by atoms with E-state index in [2.05, 4.69) is 84.7 Å². The number of aliphatic imine (C=N–C) groups is 1. The molecule has 0 saturated carbocycles. The van der Waals surface area contributed by atoms with Gasteiger partial charge in [0.25, 0.3) is 0 Å². The zero-order valence-corrected chi connectivity index (χ0v) is 25.5. The molecule has 3 N–H and O–H groups in total. The number of rotatable bonds is 7. The van der Waals surface area contributed by atoms with Crippen molar-refractivity contribution in [2.75, 3.05) is 32.7 Å². The lowest BCUT2D eigenvalue weighted by molar-refractivity contribution is 0.193. The standard InChI is InChI=1S/C27H35N5S.C6H13N/c1-6-10-24(28-5)32-15-13-20(14-16-32)22-17-29-26(18(3)7-2)25(19(4)30-22)27-31-21-11-8-9-12-23(21)33-27;1-6-3-2-4-7-5-6/h6,8-12,18,20,22,29-30H,1,4-5,7,13-17H2,2-3H3;6-7H,2-5H2,1H3/b24-10+;. The monoisotopic (exact) mass is 560 g/mol. The van der Waals surface area contributed by atoms with Crippen LogP contribution in [0.15, 0.2) is 71.8 Å². The number of thiazole rings is 1. The third kappa shape index (κ3) is 7.43. The quantitative estimate of drug-likeness (QED) is 0.264. The van der Waals surface area contributed by atoms with Crippen LogP contribution in [-0.4, -0.2) is 55.4 Å². The largest absolute Gasteiger partial charge is 0.385 e. The first-order chi connectivity index (χ1) is 19.4. The van der Waals surface area contributed by atoms with E-state index in [1.54, 1.807) is 17.4 Å². The number of nitrogens with zero attached hydrogens (tertiary/aromatic N) is 3. The molecule has 0 spiro atoms. The van der Waals surface area contributed by atoms with Crippen LogP contribution >= 0.6 is 11.3 Å². The summed E-state index contributed by atoms with van der Waals surface area (Å²) in [6, 6.07) is 8.68. The molecule has 0 radical (unpaired) electrons. The number of nitrogens with one attached hydrogen (secondary N) is 3. The van der Waals surface area contributed by atoms with Crippen LogP contribution in [0.25, 0.3) is 15.8 Å². The van der Waals surface area contributed by atoms with Gasteiger partial charge in [-0.1, -0.05) is 52.1 Å². The molecule has 5 rings (SSSR count). The molecule has 0 aliphatic carbocycles. The molecule has 3 atom stereocenters. The lowest BCUT2D eigenvalue weighted by Gasteiger charge is -2.37. The van der Waals surface area contributed by atoms with Crippen molar-refractivity contribution < 1.29 is 0 Å². The summed E-state index contributed by atoms with van der Waals surface area (Å²) in [6.45, 7) is 24.2. The molecule has 4 heterocycles. The summed E-state index contributed by atoms with van der Waals surface area (Å²) < 4.78 is 1.21. The fraction of sp³-hybridized carbons (Fsp3) is 0.515. The van der Waals surface area contributed by atoms with Crippen LogP contribution in [0.4, 0.5) is 0 Å². The van der Waals surface area contributed by atoms with Crippen LogP contribution in [0.1, 0.15) is 57.9 Å². The van der Waals surface area contributed by atoms with Crippen LogP contribution in [0.3, 0.4) is 0 Å².